The van der Waals surface area contributed by atoms with Crippen LogP contribution in [0.3, 0.4) is 0 Å². The third kappa shape index (κ3) is 35.7. The van der Waals surface area contributed by atoms with Crippen LogP contribution in [0.5, 0.6) is 0 Å². The highest BCUT2D eigenvalue weighted by Crippen LogP contribution is 2.40. The molecule has 0 atom stereocenters. The molecule has 0 bridgehead atoms. The zero-order valence-electron chi connectivity index (χ0n) is 59.6. The summed E-state index contributed by atoms with van der Waals surface area (Å²) < 4.78 is 310. The van der Waals surface area contributed by atoms with Gasteiger partial charge in [-0.1, -0.05) is 113 Å². The van der Waals surface area contributed by atoms with Crippen molar-refractivity contribution in [1.29, 1.82) is 0 Å². The Morgan fingerprint density at radius 3 is 1.04 bits per heavy atom. The average Bonchev–Trinajstić information content (AvgIpc) is 0.852. The first-order valence-electron chi connectivity index (χ1n) is 30.1. The minimum absolute atomic E-state index is 0.0569. The maximum atomic E-state index is 12.7. The number of alkyl halides is 6. The van der Waals surface area contributed by atoms with Crippen molar-refractivity contribution in [2.45, 2.75) is 112 Å². The topological polar surface area (TPSA) is 489 Å². The van der Waals surface area contributed by atoms with Crippen molar-refractivity contribution >= 4 is 221 Å². The number of para-hydroxylation sites is 1. The Morgan fingerprint density at radius 2 is 0.694 bits per heavy atom. The molecule has 0 saturated carbocycles. The van der Waals surface area contributed by atoms with Crippen LogP contribution in [0.4, 0.5) is 76.7 Å². The van der Waals surface area contributed by atoms with Gasteiger partial charge in [0.05, 0.1) is 77.2 Å². The molecule has 0 fully saturated rings. The van der Waals surface area contributed by atoms with Crippen LogP contribution in [0.2, 0.25) is 15.1 Å². The number of benzene rings is 8. The van der Waals surface area contributed by atoms with E-state index in [1.165, 1.54) is 42.5 Å². The third-order valence-electron chi connectivity index (χ3n) is 13.6. The molecule has 0 heterocycles. The van der Waals surface area contributed by atoms with Gasteiger partial charge in [0.15, 0.2) is 38.0 Å². The van der Waals surface area contributed by atoms with E-state index in [1.807, 2.05) is 39.8 Å². The highest BCUT2D eigenvalue weighted by atomic mass is 35.7. The van der Waals surface area contributed by atoms with Crippen LogP contribution in [0, 0.1) is 79.7 Å². The lowest BCUT2D eigenvalue weighted by Gasteiger charge is -2.20. The normalized spacial score (nSPS) is 11.9. The van der Waals surface area contributed by atoms with Crippen molar-refractivity contribution in [3.63, 3.8) is 0 Å². The molecule has 8 rings (SSSR count). The largest absolute Gasteiger partial charge is 0.416 e. The molecule has 0 aliphatic heterocycles. The average molecular weight is 2110 g/mol. The fourth-order valence-electron chi connectivity index (χ4n) is 8.21. The highest BCUT2D eigenvalue weighted by Gasteiger charge is 2.37. The van der Waals surface area contributed by atoms with Crippen molar-refractivity contribution in [3.8, 4) is 0 Å². The molecule has 61 heteroatoms. The smallest absolute Gasteiger partial charge is 0.258 e. The van der Waals surface area contributed by atoms with Crippen molar-refractivity contribution in [2.75, 3.05) is 0 Å². The summed E-state index contributed by atoms with van der Waals surface area (Å²) in [6.07, 6.45) is -9.38. The molecule has 0 spiro atoms. The Labute approximate surface area is 728 Å². The van der Waals surface area contributed by atoms with Crippen LogP contribution < -0.4 is 0 Å². The Balaban J connectivity index is 0.000000693. The van der Waals surface area contributed by atoms with Gasteiger partial charge >= 0.3 is 12.4 Å². The zero-order valence-corrected chi connectivity index (χ0v) is 74.4. The van der Waals surface area contributed by atoms with Gasteiger partial charge in [-0.25, -0.2) is 89.3 Å². The summed E-state index contributed by atoms with van der Waals surface area (Å²) in [5.41, 5.74) is -2.92. The molecule has 31 nitrogen and oxygen atoms in total. The molecule has 121 heavy (non-hydrogen) atoms. The third-order valence-corrected chi connectivity index (χ3v) is 25.2. The number of nitro groups is 5. The number of rotatable bonds is 17. The summed E-state index contributed by atoms with van der Waals surface area (Å²) >= 11 is 16.6. The minimum atomic E-state index is -5.05. The molecular weight excluding hydrogens is 2060 g/mol. The van der Waals surface area contributed by atoms with Crippen LogP contribution in [0.15, 0.2) is 168 Å². The highest BCUT2D eigenvalue weighted by molar-refractivity contribution is 8.15. The van der Waals surface area contributed by atoms with Gasteiger partial charge in [0.25, 0.3) is 91.8 Å². The number of nitro benzene ring substituents is 5. The van der Waals surface area contributed by atoms with Crippen molar-refractivity contribution < 1.29 is 140 Å². The quantitative estimate of drug-likeness (QED) is 0.0204. The molecule has 0 N–H and O–H groups in total. The molecule has 0 amide bonds. The molecule has 0 saturated heterocycles. The first kappa shape index (κ1) is 112. The number of hydrogen-bond donors (Lipinski definition) is 0. The van der Waals surface area contributed by atoms with Crippen molar-refractivity contribution in [1.82, 2.24) is 0 Å². The predicted molar refractivity (Wildman–Crippen MR) is 422 cm³/mol. The van der Waals surface area contributed by atoms with Gasteiger partial charge in [0, 0.05) is 115 Å². The summed E-state index contributed by atoms with van der Waals surface area (Å²) in [7, 11) is 6.76. The van der Waals surface area contributed by atoms with Crippen LogP contribution >= 0.6 is 120 Å². The number of halogens is 22. The van der Waals surface area contributed by atoms with Crippen LogP contribution in [-0.4, -0.2) is 92.0 Å². The molecule has 0 radical (unpaired) electrons. The van der Waals surface area contributed by atoms with E-state index in [2.05, 4.69) is 24.5 Å². The molecule has 0 aromatic heterocycles. The maximum Gasteiger partial charge on any atom is 0.416 e. The molecule has 8 aromatic carbocycles. The molecule has 0 aliphatic carbocycles. The van der Waals surface area contributed by atoms with Gasteiger partial charge in [0.1, 0.15) is 5.02 Å². The molecule has 8 aromatic rings. The van der Waals surface area contributed by atoms with Crippen LogP contribution in [-0.2, 0) is 90.5 Å². The summed E-state index contributed by atoms with van der Waals surface area (Å²) in [5.74, 6) is -12.1. The second-order valence-electron chi connectivity index (χ2n) is 23.1. The Hall–Kier alpha value is -7.22. The van der Waals surface area contributed by atoms with E-state index in [0.29, 0.717) is 40.1 Å². The van der Waals surface area contributed by atoms with Crippen molar-refractivity contribution in [3.05, 3.63) is 262 Å². The SMILES string of the molecule is CC(C)c1cc(C(C)C)c(S(=O)(=O)Cl)c(C(C)C)c1.O=S(=O)(Cl)c1c(F)c(F)c(F)c(F)c1F.O=S(=O)(Cl)c1ccc(Cl)c(Cl)c1.O=S(=O)(Cl)c1cccc(C(F)(F)F)c1.O=[N+]([O-])c1cc(C(F)(F)F)ccc1S(=O)(=O)Cl.O=[N+]([O-])c1cc(S(=O)(=O)Cl)ccc1Cl.O=[N+]([O-])c1ccc(S(=O)(=O)Cl)c([N+](=O)[O-])c1.O=[N+]([O-])c1ccccc1CS(=O)(=O)Cl. The zero-order chi connectivity index (χ0) is 94.9. The summed E-state index contributed by atoms with van der Waals surface area (Å²) in [5, 5.41) is 52.5. The molecule has 668 valence electrons. The van der Waals surface area contributed by atoms with Gasteiger partial charge < -0.3 is 0 Å². The number of nitrogens with zero attached hydrogens (tertiary/aromatic N) is 5. The van der Waals surface area contributed by atoms with Crippen LogP contribution in [0.25, 0.3) is 0 Å². The van der Waals surface area contributed by atoms with Crippen molar-refractivity contribution in [2.24, 2.45) is 0 Å². The fraction of sp³-hybridized carbons (Fsp3) is 0.200. The lowest BCUT2D eigenvalue weighted by atomic mass is 9.89. The molecule has 0 unspecified atom stereocenters. The lowest BCUT2D eigenvalue weighted by Crippen LogP contribution is -2.09. The lowest BCUT2D eigenvalue weighted by molar-refractivity contribution is -0.396. The summed E-state index contributed by atoms with van der Waals surface area (Å²) in [6, 6.07) is 22.7. The van der Waals surface area contributed by atoms with Gasteiger partial charge in [-0.2, -0.15) is 26.3 Å². The monoisotopic (exact) mass is 2100 g/mol. The van der Waals surface area contributed by atoms with E-state index in [1.54, 1.807) is 0 Å². The molecule has 0 aliphatic rings. The van der Waals surface area contributed by atoms with E-state index in [9.17, 15) is 166 Å². The summed E-state index contributed by atoms with van der Waals surface area (Å²) in [4.78, 5) is 43.1. The Bertz CT molecular complexity index is 6220. The first-order valence-corrected chi connectivity index (χ1v) is 49.9. The first-order chi connectivity index (χ1) is 54.3. The van der Waals surface area contributed by atoms with Crippen LogP contribution in [0.1, 0.15) is 92.7 Å². The standard InChI is InChI=1S/C15H23ClO2S.C7H3ClF3NO4S.C7H4ClF3O2S.C7H6ClNO4S.C6H3Cl3O2S.C6H3Cl2NO4S.C6ClF5O2S.C6H3ClN2O6S/c1-9(2)12-7-13(10(3)4)15(19(16,17)18)14(8-12)11(5)6;8-17(15,16)6-2-1-4(7(9,10)11)3-5(6)12(13)14;8-14(12,13)6-3-1-2-5(4-6)7(9,10)11;8-14(12,13)5-6-3-1-2-4-7(6)9(10)11;7-5-2-1-4(3-6(5)8)12(9,10)11;7-5-2-1-4(14(8,12)13)3-6(5)9(10)11;7-15(13,14)6-4(11)2(9)1(8)3(10)5(6)12;7-16(14,15)6-2-1-4(8(10)11)3-5(6)9(12)13/h7-11H,1-6H3;1-3H;1-4H;1-4H,5H2;1-3H;1-3H;;1-3H. The second kappa shape index (κ2) is 44.6. The predicted octanol–water partition coefficient (Wildman–Crippen LogP) is 20.7. The Kier molecular flexibility index (Phi) is 41.2. The Morgan fingerprint density at radius 1 is 0.331 bits per heavy atom. The second-order valence-corrected chi connectivity index (χ2v) is 44.9. The van der Waals surface area contributed by atoms with Gasteiger partial charge in [0.2, 0.25) is 14.9 Å². The minimum Gasteiger partial charge on any atom is -0.258 e. The number of hydrogen-bond acceptors (Lipinski definition) is 26. The molecular formula is C60H45Cl11F11N5O26S8. The van der Waals surface area contributed by atoms with E-state index in [-0.39, 0.29) is 49.0 Å². The summed E-state index contributed by atoms with van der Waals surface area (Å²) in [6.45, 7) is 12.2. The van der Waals surface area contributed by atoms with Gasteiger partial charge in [-0.3, -0.25) is 50.6 Å². The van der Waals surface area contributed by atoms with E-state index < -0.39 is 198 Å². The fourth-order valence-corrected chi connectivity index (χ4v) is 16.8. The van der Waals surface area contributed by atoms with E-state index in [0.717, 1.165) is 65.2 Å². The maximum absolute atomic E-state index is 12.7. The van der Waals surface area contributed by atoms with E-state index >= 15 is 0 Å². The van der Waals surface area contributed by atoms with Gasteiger partial charge in [-0.15, -0.1) is 0 Å². The number of non-ortho nitro benzene ring substituents is 1. The van der Waals surface area contributed by atoms with E-state index in [4.69, 9.17) is 110 Å². The van der Waals surface area contributed by atoms with Gasteiger partial charge in [-0.05, 0) is 101 Å².